The number of amides is 1. The minimum Gasteiger partial charge on any atom is -0.478 e. The van der Waals surface area contributed by atoms with Crippen LogP contribution in [0, 0.1) is 11.7 Å². The molecule has 0 spiro atoms. The van der Waals surface area contributed by atoms with E-state index < -0.39 is 11.8 Å². The highest BCUT2D eigenvalue weighted by Gasteiger charge is 2.28. The maximum Gasteiger partial charge on any atom is 0.337 e. The standard InChI is InChI=1S/C19H17FN6O3/c20-15-3-13(5-21-7-15)18(27)25(9-12-1-2-12)10-16-11-26(24-23-16)17-4-14(19(28)29)6-22-8-17/h3-8,11-12H,1-2,9-10H2,(H,28,29). The lowest BCUT2D eigenvalue weighted by Gasteiger charge is -2.21. The van der Waals surface area contributed by atoms with E-state index in [2.05, 4.69) is 20.3 Å². The molecule has 0 bridgehead atoms. The van der Waals surface area contributed by atoms with Crippen LogP contribution in [0.3, 0.4) is 0 Å². The van der Waals surface area contributed by atoms with E-state index in [1.807, 2.05) is 0 Å². The van der Waals surface area contributed by atoms with E-state index >= 15 is 0 Å². The number of nitrogens with zero attached hydrogens (tertiary/aromatic N) is 6. The molecule has 4 rings (SSSR count). The molecule has 0 aromatic carbocycles. The van der Waals surface area contributed by atoms with E-state index in [-0.39, 0.29) is 23.6 Å². The molecule has 9 nitrogen and oxygen atoms in total. The first-order valence-electron chi connectivity index (χ1n) is 8.99. The number of carbonyl (C=O) groups excluding carboxylic acids is 1. The zero-order valence-electron chi connectivity index (χ0n) is 15.3. The van der Waals surface area contributed by atoms with Crippen LogP contribution in [0.5, 0.6) is 0 Å². The Bertz CT molecular complexity index is 1070. The molecule has 1 saturated carbocycles. The highest BCUT2D eigenvalue weighted by atomic mass is 19.1. The van der Waals surface area contributed by atoms with Crippen LogP contribution in [0.2, 0.25) is 0 Å². The van der Waals surface area contributed by atoms with Gasteiger partial charge in [0.15, 0.2) is 0 Å². The van der Waals surface area contributed by atoms with Crippen molar-refractivity contribution in [3.05, 3.63) is 65.8 Å². The maximum atomic E-state index is 13.5. The smallest absolute Gasteiger partial charge is 0.337 e. The van der Waals surface area contributed by atoms with Crippen molar-refractivity contribution in [2.45, 2.75) is 19.4 Å². The average Bonchev–Trinajstić information content (AvgIpc) is 3.41. The Balaban J connectivity index is 1.55. The molecule has 0 unspecified atom stereocenters. The van der Waals surface area contributed by atoms with Crippen LogP contribution in [-0.2, 0) is 6.54 Å². The zero-order chi connectivity index (χ0) is 20.4. The predicted molar refractivity (Wildman–Crippen MR) is 97.8 cm³/mol. The summed E-state index contributed by atoms with van der Waals surface area (Å²) in [4.78, 5) is 33.2. The maximum absolute atomic E-state index is 13.5. The molecule has 1 aliphatic carbocycles. The minimum absolute atomic E-state index is 0.0312. The molecule has 0 aliphatic heterocycles. The van der Waals surface area contributed by atoms with E-state index in [1.165, 1.54) is 29.3 Å². The highest BCUT2D eigenvalue weighted by Crippen LogP contribution is 2.30. The van der Waals surface area contributed by atoms with Crippen LogP contribution in [0.1, 0.15) is 39.3 Å². The summed E-state index contributed by atoms with van der Waals surface area (Å²) in [5.74, 6) is -1.57. The Morgan fingerprint density at radius 1 is 1.14 bits per heavy atom. The van der Waals surface area contributed by atoms with Gasteiger partial charge in [0.1, 0.15) is 11.5 Å². The van der Waals surface area contributed by atoms with Crippen LogP contribution in [0.25, 0.3) is 5.69 Å². The van der Waals surface area contributed by atoms with Crippen molar-refractivity contribution in [3.8, 4) is 5.69 Å². The van der Waals surface area contributed by atoms with Crippen molar-refractivity contribution < 1.29 is 19.1 Å². The molecule has 3 aromatic heterocycles. The van der Waals surface area contributed by atoms with Crippen molar-refractivity contribution in [1.82, 2.24) is 29.9 Å². The van der Waals surface area contributed by atoms with Gasteiger partial charge < -0.3 is 10.0 Å². The number of halogens is 1. The van der Waals surface area contributed by atoms with Gasteiger partial charge in [-0.25, -0.2) is 13.9 Å². The second kappa shape index (κ2) is 7.74. The lowest BCUT2D eigenvalue weighted by Crippen LogP contribution is -2.32. The molecule has 10 heteroatoms. The number of hydrogen-bond donors (Lipinski definition) is 1. The summed E-state index contributed by atoms with van der Waals surface area (Å²) in [5, 5.41) is 17.2. The Labute approximate surface area is 164 Å². The third-order valence-corrected chi connectivity index (χ3v) is 4.54. The number of aromatic carboxylic acids is 1. The summed E-state index contributed by atoms with van der Waals surface area (Å²) in [6.45, 7) is 0.732. The van der Waals surface area contributed by atoms with Crippen LogP contribution >= 0.6 is 0 Å². The molecule has 1 fully saturated rings. The first kappa shape index (κ1) is 18.7. The molecule has 3 aromatic rings. The van der Waals surface area contributed by atoms with Crippen molar-refractivity contribution in [1.29, 1.82) is 0 Å². The lowest BCUT2D eigenvalue weighted by molar-refractivity contribution is 0.0694. The van der Waals surface area contributed by atoms with Gasteiger partial charge in [-0.1, -0.05) is 5.21 Å². The molecule has 1 aliphatic rings. The highest BCUT2D eigenvalue weighted by molar-refractivity contribution is 5.93. The number of carboxylic acids is 1. The first-order valence-corrected chi connectivity index (χ1v) is 8.99. The van der Waals surface area contributed by atoms with Crippen LogP contribution in [0.4, 0.5) is 4.39 Å². The van der Waals surface area contributed by atoms with Gasteiger partial charge in [-0.3, -0.25) is 14.8 Å². The predicted octanol–water partition coefficient (Wildman–Crippen LogP) is 1.95. The second-order valence-corrected chi connectivity index (χ2v) is 6.91. The van der Waals surface area contributed by atoms with E-state index in [9.17, 15) is 14.0 Å². The molecule has 0 atom stereocenters. The third kappa shape index (κ3) is 4.42. The van der Waals surface area contributed by atoms with Crippen molar-refractivity contribution in [2.75, 3.05) is 6.54 Å². The van der Waals surface area contributed by atoms with E-state index in [0.29, 0.717) is 23.8 Å². The van der Waals surface area contributed by atoms with E-state index in [1.54, 1.807) is 11.1 Å². The van der Waals surface area contributed by atoms with Gasteiger partial charge in [0.25, 0.3) is 5.91 Å². The number of hydrogen-bond acceptors (Lipinski definition) is 6. The summed E-state index contributed by atoms with van der Waals surface area (Å²) in [6.07, 6.45) is 8.80. The molecule has 148 valence electrons. The second-order valence-electron chi connectivity index (χ2n) is 6.91. The topological polar surface area (TPSA) is 114 Å². The first-order chi connectivity index (χ1) is 14.0. The number of pyridine rings is 2. The molecule has 29 heavy (non-hydrogen) atoms. The summed E-state index contributed by atoms with van der Waals surface area (Å²) in [7, 11) is 0. The van der Waals surface area contributed by atoms with Gasteiger partial charge in [0, 0.05) is 18.9 Å². The normalized spacial score (nSPS) is 13.3. The summed E-state index contributed by atoms with van der Waals surface area (Å²) >= 11 is 0. The van der Waals surface area contributed by atoms with Crippen molar-refractivity contribution >= 4 is 11.9 Å². The fourth-order valence-electron chi connectivity index (χ4n) is 2.91. The van der Waals surface area contributed by atoms with Gasteiger partial charge in [0.2, 0.25) is 0 Å². The largest absolute Gasteiger partial charge is 0.478 e. The fourth-order valence-corrected chi connectivity index (χ4v) is 2.91. The van der Waals surface area contributed by atoms with Gasteiger partial charge in [0.05, 0.1) is 41.9 Å². The van der Waals surface area contributed by atoms with Crippen LogP contribution in [-0.4, -0.2) is 53.4 Å². The summed E-state index contributed by atoms with van der Waals surface area (Å²) in [6, 6.07) is 2.59. The summed E-state index contributed by atoms with van der Waals surface area (Å²) < 4.78 is 14.9. The molecule has 3 heterocycles. The SMILES string of the molecule is O=C(O)c1cncc(-n2cc(CN(CC3CC3)C(=O)c3cncc(F)c3)nn2)c1. The number of rotatable bonds is 7. The fraction of sp³-hybridized carbons (Fsp3) is 0.263. The van der Waals surface area contributed by atoms with Gasteiger partial charge >= 0.3 is 5.97 Å². The van der Waals surface area contributed by atoms with Gasteiger partial charge in [-0.2, -0.15) is 0 Å². The van der Waals surface area contributed by atoms with Gasteiger partial charge in [-0.15, -0.1) is 5.10 Å². The average molecular weight is 396 g/mol. The van der Waals surface area contributed by atoms with Gasteiger partial charge in [-0.05, 0) is 30.9 Å². The number of carbonyl (C=O) groups is 2. The monoisotopic (exact) mass is 396 g/mol. The third-order valence-electron chi connectivity index (χ3n) is 4.54. The minimum atomic E-state index is -1.09. The Morgan fingerprint density at radius 3 is 2.62 bits per heavy atom. The molecule has 0 saturated heterocycles. The lowest BCUT2D eigenvalue weighted by atomic mass is 10.2. The van der Waals surface area contributed by atoms with Crippen molar-refractivity contribution in [3.63, 3.8) is 0 Å². The molecule has 0 radical (unpaired) electrons. The Hall–Kier alpha value is -3.69. The quantitative estimate of drug-likeness (QED) is 0.649. The molecule has 1 N–H and O–H groups in total. The summed E-state index contributed by atoms with van der Waals surface area (Å²) in [5.41, 5.74) is 1.17. The Morgan fingerprint density at radius 2 is 1.90 bits per heavy atom. The molecule has 1 amide bonds. The Kier molecular flexibility index (Phi) is 4.98. The molecular weight excluding hydrogens is 379 g/mol. The van der Waals surface area contributed by atoms with Crippen LogP contribution < -0.4 is 0 Å². The van der Waals surface area contributed by atoms with Crippen molar-refractivity contribution in [2.24, 2.45) is 5.92 Å². The molecular formula is C19H17FN6O3. The number of carboxylic acid groups (broad SMARTS) is 1. The van der Waals surface area contributed by atoms with E-state index in [4.69, 9.17) is 5.11 Å². The zero-order valence-corrected chi connectivity index (χ0v) is 15.3. The van der Waals surface area contributed by atoms with E-state index in [0.717, 1.165) is 25.1 Å². The van der Waals surface area contributed by atoms with Crippen LogP contribution in [0.15, 0.2) is 43.1 Å². The number of aromatic nitrogens is 5.